The average Bonchev–Trinajstić information content (AvgIpc) is 3.24. The molecule has 0 saturated heterocycles. The van der Waals surface area contributed by atoms with Crippen LogP contribution in [0, 0.1) is 6.92 Å². The maximum absolute atomic E-state index is 12.1. The number of hydrogen-bond acceptors (Lipinski definition) is 6. The van der Waals surface area contributed by atoms with Crippen molar-refractivity contribution in [3.8, 4) is 5.69 Å². The van der Waals surface area contributed by atoms with E-state index in [-0.39, 0.29) is 17.7 Å². The predicted octanol–water partition coefficient (Wildman–Crippen LogP) is 3.00. The summed E-state index contributed by atoms with van der Waals surface area (Å²) in [5, 5.41) is 17.3. The van der Waals surface area contributed by atoms with Crippen LogP contribution >= 0.6 is 23.1 Å². The molecular formula is C16H17N5OS2. The highest BCUT2D eigenvalue weighted by atomic mass is 32.2. The molecule has 24 heavy (non-hydrogen) atoms. The van der Waals surface area contributed by atoms with Crippen LogP contribution in [0.4, 0.5) is 0 Å². The second-order valence-corrected chi connectivity index (χ2v) is 7.23. The fourth-order valence-corrected chi connectivity index (χ4v) is 3.65. The Labute approximate surface area is 148 Å². The Hall–Kier alpha value is -2.19. The number of thiophene rings is 1. The van der Waals surface area contributed by atoms with Crippen LogP contribution in [-0.4, -0.2) is 31.9 Å². The zero-order chi connectivity index (χ0) is 16.9. The minimum Gasteiger partial charge on any atom is -0.348 e. The van der Waals surface area contributed by atoms with Gasteiger partial charge in [-0.05, 0) is 53.4 Å². The molecule has 6 nitrogen and oxygen atoms in total. The van der Waals surface area contributed by atoms with Gasteiger partial charge in [-0.2, -0.15) is 4.68 Å². The molecule has 8 heteroatoms. The highest BCUT2D eigenvalue weighted by Crippen LogP contribution is 2.20. The first-order valence-electron chi connectivity index (χ1n) is 7.44. The number of aryl methyl sites for hydroxylation is 1. The maximum atomic E-state index is 12.1. The van der Waals surface area contributed by atoms with E-state index in [1.165, 1.54) is 11.8 Å². The fourth-order valence-electron chi connectivity index (χ4n) is 2.21. The molecule has 0 saturated carbocycles. The van der Waals surface area contributed by atoms with Gasteiger partial charge in [-0.3, -0.25) is 4.79 Å². The zero-order valence-electron chi connectivity index (χ0n) is 13.3. The normalized spacial score (nSPS) is 12.1. The minimum absolute atomic E-state index is 0.00543. The Morgan fingerprint density at radius 3 is 3.00 bits per heavy atom. The molecule has 0 unspecified atom stereocenters. The van der Waals surface area contributed by atoms with Crippen molar-refractivity contribution in [1.82, 2.24) is 25.5 Å². The Kier molecular flexibility index (Phi) is 5.27. The third-order valence-corrected chi connectivity index (χ3v) is 5.34. The lowest BCUT2D eigenvalue weighted by atomic mass is 10.2. The number of amides is 1. The molecule has 1 N–H and O–H groups in total. The van der Waals surface area contributed by atoms with Crippen molar-refractivity contribution < 1.29 is 4.79 Å². The molecule has 2 heterocycles. The summed E-state index contributed by atoms with van der Waals surface area (Å²) >= 11 is 2.95. The van der Waals surface area contributed by atoms with Gasteiger partial charge >= 0.3 is 0 Å². The van der Waals surface area contributed by atoms with E-state index < -0.39 is 0 Å². The van der Waals surface area contributed by atoms with E-state index in [0.717, 1.165) is 16.1 Å². The lowest BCUT2D eigenvalue weighted by Crippen LogP contribution is -2.27. The van der Waals surface area contributed by atoms with Crippen LogP contribution in [0.1, 0.15) is 23.4 Å². The molecule has 0 aliphatic rings. The molecule has 1 amide bonds. The largest absolute Gasteiger partial charge is 0.348 e. The monoisotopic (exact) mass is 359 g/mol. The highest BCUT2D eigenvalue weighted by Gasteiger charge is 2.14. The van der Waals surface area contributed by atoms with E-state index in [9.17, 15) is 4.79 Å². The SMILES string of the molecule is Cc1cccc(-n2nnnc2SCC(=O)N[C@@H](C)c2cccs2)c1. The smallest absolute Gasteiger partial charge is 0.230 e. The van der Waals surface area contributed by atoms with Gasteiger partial charge in [-0.15, -0.1) is 16.4 Å². The Morgan fingerprint density at radius 1 is 1.38 bits per heavy atom. The van der Waals surface area contributed by atoms with Crippen LogP contribution in [0.2, 0.25) is 0 Å². The first-order valence-corrected chi connectivity index (χ1v) is 9.31. The van der Waals surface area contributed by atoms with Gasteiger partial charge in [0.05, 0.1) is 17.5 Å². The summed E-state index contributed by atoms with van der Waals surface area (Å²) in [6.45, 7) is 3.99. The van der Waals surface area contributed by atoms with E-state index in [4.69, 9.17) is 0 Å². The number of benzene rings is 1. The van der Waals surface area contributed by atoms with Gasteiger partial charge in [0, 0.05) is 4.88 Å². The van der Waals surface area contributed by atoms with Gasteiger partial charge in [0.25, 0.3) is 0 Å². The number of carbonyl (C=O) groups excluding carboxylic acids is 1. The van der Waals surface area contributed by atoms with E-state index in [0.29, 0.717) is 5.16 Å². The average molecular weight is 359 g/mol. The first-order chi connectivity index (χ1) is 11.6. The summed E-state index contributed by atoms with van der Waals surface area (Å²) in [5.74, 6) is 0.224. The van der Waals surface area contributed by atoms with Crippen LogP contribution in [-0.2, 0) is 4.79 Å². The number of hydrogen-bond donors (Lipinski definition) is 1. The number of nitrogens with one attached hydrogen (secondary N) is 1. The van der Waals surface area contributed by atoms with E-state index >= 15 is 0 Å². The van der Waals surface area contributed by atoms with E-state index in [2.05, 4.69) is 20.8 Å². The highest BCUT2D eigenvalue weighted by molar-refractivity contribution is 7.99. The number of carbonyl (C=O) groups is 1. The van der Waals surface area contributed by atoms with Crippen LogP contribution in [0.3, 0.4) is 0 Å². The van der Waals surface area contributed by atoms with Crippen molar-refractivity contribution in [2.24, 2.45) is 0 Å². The standard InChI is InChI=1S/C16H17N5OS2/c1-11-5-3-6-13(9-11)21-16(18-19-20-21)24-10-15(22)17-12(2)14-7-4-8-23-14/h3-9,12H,10H2,1-2H3,(H,17,22)/t12-/m0/s1. The Balaban J connectivity index is 1.61. The van der Waals surface area contributed by atoms with Crippen molar-refractivity contribution in [3.05, 3.63) is 52.2 Å². The second-order valence-electron chi connectivity index (χ2n) is 5.31. The molecule has 2 aromatic heterocycles. The van der Waals surface area contributed by atoms with Gasteiger partial charge in [-0.1, -0.05) is 30.0 Å². The summed E-state index contributed by atoms with van der Waals surface area (Å²) in [7, 11) is 0. The van der Waals surface area contributed by atoms with Crippen LogP contribution in [0.25, 0.3) is 5.69 Å². The number of aromatic nitrogens is 4. The molecular weight excluding hydrogens is 342 g/mol. The van der Waals surface area contributed by atoms with E-state index in [1.807, 2.05) is 55.6 Å². The number of rotatable bonds is 6. The van der Waals surface area contributed by atoms with Gasteiger partial charge in [0.15, 0.2) is 0 Å². The molecule has 1 aromatic carbocycles. The number of nitrogens with zero attached hydrogens (tertiary/aromatic N) is 4. The van der Waals surface area contributed by atoms with Gasteiger partial charge < -0.3 is 5.32 Å². The Bertz CT molecular complexity index is 816. The molecule has 0 radical (unpaired) electrons. The summed E-state index contributed by atoms with van der Waals surface area (Å²) in [6.07, 6.45) is 0. The summed E-state index contributed by atoms with van der Waals surface area (Å²) in [5.41, 5.74) is 2.01. The molecule has 0 spiro atoms. The zero-order valence-corrected chi connectivity index (χ0v) is 15.0. The quantitative estimate of drug-likeness (QED) is 0.685. The third-order valence-electron chi connectivity index (χ3n) is 3.37. The van der Waals surface area contributed by atoms with Crippen LogP contribution in [0.5, 0.6) is 0 Å². The third kappa shape index (κ3) is 4.01. The van der Waals surface area contributed by atoms with E-state index in [1.54, 1.807) is 16.0 Å². The van der Waals surface area contributed by atoms with Crippen LogP contribution < -0.4 is 5.32 Å². The number of thioether (sulfide) groups is 1. The molecule has 3 rings (SSSR count). The lowest BCUT2D eigenvalue weighted by Gasteiger charge is -2.11. The van der Waals surface area contributed by atoms with Crippen LogP contribution in [0.15, 0.2) is 46.9 Å². The molecule has 1 atom stereocenters. The maximum Gasteiger partial charge on any atom is 0.230 e. The van der Waals surface area contributed by atoms with Gasteiger partial charge in [-0.25, -0.2) is 0 Å². The summed E-state index contributed by atoms with van der Waals surface area (Å²) in [6, 6.07) is 11.9. The Morgan fingerprint density at radius 2 is 2.25 bits per heavy atom. The fraction of sp³-hybridized carbons (Fsp3) is 0.250. The molecule has 0 fully saturated rings. The molecule has 124 valence electrons. The molecule has 0 bridgehead atoms. The predicted molar refractivity (Wildman–Crippen MR) is 95.5 cm³/mol. The van der Waals surface area contributed by atoms with Crippen molar-refractivity contribution in [2.75, 3.05) is 5.75 Å². The summed E-state index contributed by atoms with van der Waals surface area (Å²) < 4.78 is 1.65. The van der Waals surface area contributed by atoms with Crippen molar-refractivity contribution >= 4 is 29.0 Å². The second kappa shape index (κ2) is 7.59. The van der Waals surface area contributed by atoms with Crippen molar-refractivity contribution in [2.45, 2.75) is 25.0 Å². The number of tetrazole rings is 1. The topological polar surface area (TPSA) is 72.7 Å². The van der Waals surface area contributed by atoms with Crippen molar-refractivity contribution in [1.29, 1.82) is 0 Å². The first kappa shape index (κ1) is 16.7. The molecule has 3 aromatic rings. The van der Waals surface area contributed by atoms with Crippen molar-refractivity contribution in [3.63, 3.8) is 0 Å². The molecule has 0 aliphatic heterocycles. The molecule has 0 aliphatic carbocycles. The minimum atomic E-state index is -0.0420. The van der Waals surface area contributed by atoms with Gasteiger partial charge in [0.1, 0.15) is 0 Å². The summed E-state index contributed by atoms with van der Waals surface area (Å²) in [4.78, 5) is 13.3. The lowest BCUT2D eigenvalue weighted by molar-refractivity contribution is -0.119. The van der Waals surface area contributed by atoms with Gasteiger partial charge in [0.2, 0.25) is 11.1 Å².